The van der Waals surface area contributed by atoms with Gasteiger partial charge in [-0.2, -0.15) is 5.10 Å². The Hall–Kier alpha value is -1.75. The van der Waals surface area contributed by atoms with Crippen molar-refractivity contribution >= 4 is 11.9 Å². The summed E-state index contributed by atoms with van der Waals surface area (Å²) in [6.45, 7) is 0.691. The lowest BCUT2D eigenvalue weighted by molar-refractivity contribution is 0.112. The van der Waals surface area contributed by atoms with Crippen molar-refractivity contribution < 1.29 is 9.53 Å². The number of pyridine rings is 1. The highest BCUT2D eigenvalue weighted by Crippen LogP contribution is 2.07. The second-order valence-electron chi connectivity index (χ2n) is 3.47. The first-order chi connectivity index (χ1) is 7.85. The number of carbonyl (C=O) groups is 1. The number of aromatic nitrogens is 3. The van der Waals surface area contributed by atoms with E-state index in [-0.39, 0.29) is 0 Å². The summed E-state index contributed by atoms with van der Waals surface area (Å²) in [5.74, 6) is 0.742. The van der Waals surface area contributed by atoms with E-state index in [4.69, 9.17) is 4.74 Å². The summed E-state index contributed by atoms with van der Waals surface area (Å²) in [6, 6.07) is 3.51. The van der Waals surface area contributed by atoms with Crippen molar-refractivity contribution in [2.24, 2.45) is 0 Å². The molecule has 2 rings (SSSR count). The third-order valence-corrected chi connectivity index (χ3v) is 2.31. The molecule has 0 saturated carbocycles. The molecule has 2 aromatic rings. The van der Waals surface area contributed by atoms with E-state index in [1.807, 2.05) is 0 Å². The summed E-state index contributed by atoms with van der Waals surface area (Å²) in [7, 11) is 1.67. The van der Waals surface area contributed by atoms with Gasteiger partial charge in [0.2, 0.25) is 0 Å². The van der Waals surface area contributed by atoms with Gasteiger partial charge in [-0.15, -0.1) is 0 Å². The number of hydrogen-bond acceptors (Lipinski definition) is 4. The van der Waals surface area contributed by atoms with Gasteiger partial charge in [-0.1, -0.05) is 0 Å². The first-order valence-electron chi connectivity index (χ1n) is 5.13. The van der Waals surface area contributed by atoms with Crippen LogP contribution in [0.5, 0.6) is 0 Å². The number of aryl methyl sites for hydroxylation is 1. The molecule has 0 fully saturated rings. The summed E-state index contributed by atoms with van der Waals surface area (Å²) in [6.07, 6.45) is 4.22. The fourth-order valence-electron chi connectivity index (χ4n) is 1.54. The number of methoxy groups -OCH3 is 1. The van der Waals surface area contributed by atoms with Crippen LogP contribution in [0.2, 0.25) is 0 Å². The molecule has 84 valence electrons. The fraction of sp³-hybridized carbons (Fsp3) is 0.364. The van der Waals surface area contributed by atoms with Crippen LogP contribution in [-0.2, 0) is 11.2 Å². The predicted octanol–water partition coefficient (Wildman–Crippen LogP) is 1.12. The zero-order valence-electron chi connectivity index (χ0n) is 9.09. The monoisotopic (exact) mass is 219 g/mol. The normalized spacial score (nSPS) is 10.8. The number of fused-ring (bicyclic) bond motifs is 1. The highest BCUT2D eigenvalue weighted by Gasteiger charge is 2.06. The van der Waals surface area contributed by atoms with Crippen LogP contribution < -0.4 is 0 Å². The maximum atomic E-state index is 10.8. The quantitative estimate of drug-likeness (QED) is 0.558. The van der Waals surface area contributed by atoms with Crippen molar-refractivity contribution in [3.05, 3.63) is 29.7 Å². The van der Waals surface area contributed by atoms with E-state index < -0.39 is 0 Å². The maximum absolute atomic E-state index is 10.8. The molecular weight excluding hydrogens is 206 g/mol. The summed E-state index contributed by atoms with van der Waals surface area (Å²) >= 11 is 0. The van der Waals surface area contributed by atoms with Crippen LogP contribution in [0.25, 0.3) is 5.65 Å². The molecule has 5 heteroatoms. The Kier molecular flexibility index (Phi) is 3.26. The molecule has 0 aliphatic heterocycles. The van der Waals surface area contributed by atoms with Gasteiger partial charge in [0.15, 0.2) is 17.8 Å². The first-order valence-corrected chi connectivity index (χ1v) is 5.13. The SMILES string of the molecule is COCCCc1nc2c(C=O)cccn2n1. The number of rotatable bonds is 5. The summed E-state index contributed by atoms with van der Waals surface area (Å²) in [5.41, 5.74) is 1.18. The summed E-state index contributed by atoms with van der Waals surface area (Å²) < 4.78 is 6.59. The van der Waals surface area contributed by atoms with E-state index in [0.29, 0.717) is 17.8 Å². The molecule has 0 spiro atoms. The average Bonchev–Trinajstić information content (AvgIpc) is 2.71. The van der Waals surface area contributed by atoms with Crippen molar-refractivity contribution in [1.82, 2.24) is 14.6 Å². The van der Waals surface area contributed by atoms with E-state index in [2.05, 4.69) is 10.1 Å². The van der Waals surface area contributed by atoms with Gasteiger partial charge in [-0.05, 0) is 18.6 Å². The number of ether oxygens (including phenoxy) is 1. The molecule has 0 amide bonds. The van der Waals surface area contributed by atoms with Crippen LogP contribution in [0.1, 0.15) is 22.6 Å². The largest absolute Gasteiger partial charge is 0.385 e. The molecule has 2 aromatic heterocycles. The highest BCUT2D eigenvalue weighted by molar-refractivity contribution is 5.83. The minimum atomic E-state index is 0.563. The lowest BCUT2D eigenvalue weighted by atomic mass is 10.3. The van der Waals surface area contributed by atoms with Gasteiger partial charge >= 0.3 is 0 Å². The van der Waals surface area contributed by atoms with Crippen molar-refractivity contribution in [3.63, 3.8) is 0 Å². The molecule has 16 heavy (non-hydrogen) atoms. The molecule has 0 radical (unpaired) electrons. The van der Waals surface area contributed by atoms with Gasteiger partial charge in [-0.25, -0.2) is 9.50 Å². The van der Waals surface area contributed by atoms with Crippen LogP contribution in [-0.4, -0.2) is 34.6 Å². The second-order valence-corrected chi connectivity index (χ2v) is 3.47. The Bertz CT molecular complexity index is 493. The van der Waals surface area contributed by atoms with E-state index in [0.717, 1.165) is 25.0 Å². The Morgan fingerprint density at radius 2 is 2.44 bits per heavy atom. The number of hydrogen-bond donors (Lipinski definition) is 0. The molecule has 5 nitrogen and oxygen atoms in total. The minimum Gasteiger partial charge on any atom is -0.385 e. The van der Waals surface area contributed by atoms with Crippen LogP contribution in [0.4, 0.5) is 0 Å². The Morgan fingerprint density at radius 3 is 3.19 bits per heavy atom. The van der Waals surface area contributed by atoms with Crippen LogP contribution >= 0.6 is 0 Å². The lowest BCUT2D eigenvalue weighted by Crippen LogP contribution is -1.94. The maximum Gasteiger partial charge on any atom is 0.166 e. The van der Waals surface area contributed by atoms with E-state index in [1.54, 1.807) is 30.0 Å². The zero-order chi connectivity index (χ0) is 11.4. The smallest absolute Gasteiger partial charge is 0.166 e. The molecule has 0 N–H and O–H groups in total. The van der Waals surface area contributed by atoms with Crippen LogP contribution in [0.3, 0.4) is 0 Å². The van der Waals surface area contributed by atoms with Crippen molar-refractivity contribution in [2.75, 3.05) is 13.7 Å². The molecule has 0 saturated heterocycles. The molecule has 0 atom stereocenters. The van der Waals surface area contributed by atoms with Crippen molar-refractivity contribution in [3.8, 4) is 0 Å². The number of carbonyl (C=O) groups excluding carboxylic acids is 1. The van der Waals surface area contributed by atoms with Gasteiger partial charge < -0.3 is 4.74 Å². The summed E-state index contributed by atoms with van der Waals surface area (Å²) in [5, 5.41) is 4.28. The third-order valence-electron chi connectivity index (χ3n) is 2.31. The van der Waals surface area contributed by atoms with Crippen LogP contribution in [0.15, 0.2) is 18.3 Å². The topological polar surface area (TPSA) is 56.5 Å². The van der Waals surface area contributed by atoms with Gasteiger partial charge in [0.1, 0.15) is 0 Å². The average molecular weight is 219 g/mol. The Morgan fingerprint density at radius 1 is 1.56 bits per heavy atom. The molecule has 0 aliphatic carbocycles. The zero-order valence-corrected chi connectivity index (χ0v) is 9.09. The van der Waals surface area contributed by atoms with E-state index in [1.165, 1.54) is 0 Å². The van der Waals surface area contributed by atoms with E-state index >= 15 is 0 Å². The van der Waals surface area contributed by atoms with Crippen LogP contribution in [0, 0.1) is 0 Å². The number of aldehydes is 1. The fourth-order valence-corrected chi connectivity index (χ4v) is 1.54. The van der Waals surface area contributed by atoms with Gasteiger partial charge in [-0.3, -0.25) is 4.79 Å². The van der Waals surface area contributed by atoms with E-state index in [9.17, 15) is 4.79 Å². The molecule has 0 unspecified atom stereocenters. The highest BCUT2D eigenvalue weighted by atomic mass is 16.5. The Balaban J connectivity index is 2.25. The van der Waals surface area contributed by atoms with Gasteiger partial charge in [0, 0.05) is 26.3 Å². The summed E-state index contributed by atoms with van der Waals surface area (Å²) in [4.78, 5) is 15.1. The molecular formula is C11H13N3O2. The van der Waals surface area contributed by atoms with Crippen molar-refractivity contribution in [1.29, 1.82) is 0 Å². The second kappa shape index (κ2) is 4.85. The lowest BCUT2D eigenvalue weighted by Gasteiger charge is -1.93. The number of nitrogens with zero attached hydrogens (tertiary/aromatic N) is 3. The molecule has 0 bridgehead atoms. The predicted molar refractivity (Wildman–Crippen MR) is 58.6 cm³/mol. The third kappa shape index (κ3) is 2.09. The molecule has 0 aromatic carbocycles. The Labute approximate surface area is 93.1 Å². The molecule has 0 aliphatic rings. The standard InChI is InChI=1S/C11H13N3O2/c1-16-7-3-5-10-12-11-9(8-15)4-2-6-14(11)13-10/h2,4,6,8H,3,5,7H2,1H3. The van der Waals surface area contributed by atoms with Gasteiger partial charge in [0.25, 0.3) is 0 Å². The van der Waals surface area contributed by atoms with Crippen molar-refractivity contribution in [2.45, 2.75) is 12.8 Å². The first kappa shape index (κ1) is 10.8. The molecule has 2 heterocycles. The minimum absolute atomic E-state index is 0.563. The van der Waals surface area contributed by atoms with Gasteiger partial charge in [0.05, 0.1) is 5.56 Å².